The molecule has 2 heterocycles. The Labute approximate surface area is 236 Å². The third-order valence-electron chi connectivity index (χ3n) is 8.02. The van der Waals surface area contributed by atoms with Crippen molar-refractivity contribution in [3.05, 3.63) is 113 Å². The van der Waals surface area contributed by atoms with Gasteiger partial charge in [-0.15, -0.1) is 0 Å². The molecule has 0 aliphatic carbocycles. The molecule has 2 aliphatic heterocycles. The number of hydrogen-bond acceptors (Lipinski definition) is 5. The molecule has 0 saturated heterocycles. The van der Waals surface area contributed by atoms with E-state index >= 15 is 0 Å². The number of benzene rings is 4. The van der Waals surface area contributed by atoms with Crippen LogP contribution in [0.4, 0.5) is 17.1 Å². The second kappa shape index (κ2) is 10.7. The summed E-state index contributed by atoms with van der Waals surface area (Å²) in [7, 11) is 0. The van der Waals surface area contributed by atoms with Gasteiger partial charge in [0.2, 0.25) is 0 Å². The lowest BCUT2D eigenvalue weighted by molar-refractivity contribution is 0.0224. The lowest BCUT2D eigenvalue weighted by atomic mass is 9.77. The second-order valence-corrected chi connectivity index (χ2v) is 10.7. The van der Waals surface area contributed by atoms with Gasteiger partial charge >= 0.3 is 5.97 Å². The molecule has 1 atom stereocenters. The minimum Gasteiger partial charge on any atom is -0.456 e. The van der Waals surface area contributed by atoms with E-state index in [1.54, 1.807) is 0 Å². The normalized spacial score (nSPS) is 16.5. The number of anilines is 3. The zero-order valence-corrected chi connectivity index (χ0v) is 23.5. The highest BCUT2D eigenvalue weighted by atomic mass is 16.6. The Kier molecular flexibility index (Phi) is 6.97. The van der Waals surface area contributed by atoms with Gasteiger partial charge in [0.25, 0.3) is 0 Å². The number of fused-ring (bicyclic) bond motifs is 6. The second-order valence-electron chi connectivity index (χ2n) is 10.7. The molecule has 0 aromatic heterocycles. The van der Waals surface area contributed by atoms with Crippen molar-refractivity contribution < 1.29 is 14.3 Å². The van der Waals surface area contributed by atoms with E-state index < -0.39 is 5.60 Å². The van der Waals surface area contributed by atoms with Crippen LogP contribution in [0.5, 0.6) is 11.5 Å². The number of para-hydroxylation sites is 2. The first-order valence-corrected chi connectivity index (χ1v) is 14.4. The summed E-state index contributed by atoms with van der Waals surface area (Å²) in [6.07, 6.45) is 4.49. The van der Waals surface area contributed by atoms with Crippen LogP contribution < -0.4 is 15.0 Å². The van der Waals surface area contributed by atoms with Gasteiger partial charge in [-0.25, -0.2) is 4.79 Å². The van der Waals surface area contributed by atoms with Crippen molar-refractivity contribution in [1.82, 2.24) is 0 Å². The minimum atomic E-state index is -1.09. The molecule has 0 fully saturated rings. The summed E-state index contributed by atoms with van der Waals surface area (Å²) in [6.45, 7) is 8.44. The largest absolute Gasteiger partial charge is 0.456 e. The van der Waals surface area contributed by atoms with E-state index in [-0.39, 0.29) is 5.97 Å². The monoisotopic (exact) mass is 532 g/mol. The fourth-order valence-electron chi connectivity index (χ4n) is 5.88. The molecular formula is C35H36N2O3. The average molecular weight is 533 g/mol. The molecule has 1 spiro atoms. The van der Waals surface area contributed by atoms with Gasteiger partial charge in [-0.05, 0) is 67.8 Å². The van der Waals surface area contributed by atoms with Crippen LogP contribution in [0.2, 0.25) is 0 Å². The number of carbonyl (C=O) groups is 1. The molecule has 0 bridgehead atoms. The molecule has 40 heavy (non-hydrogen) atoms. The maximum Gasteiger partial charge on any atom is 0.340 e. The van der Waals surface area contributed by atoms with Gasteiger partial charge in [0.05, 0.1) is 5.56 Å². The summed E-state index contributed by atoms with van der Waals surface area (Å²) in [4.78, 5) is 16.1. The first kappa shape index (κ1) is 26.0. The van der Waals surface area contributed by atoms with Gasteiger partial charge in [-0.3, -0.25) is 0 Å². The average Bonchev–Trinajstić information content (AvgIpc) is 3.26. The van der Waals surface area contributed by atoms with E-state index in [9.17, 15) is 4.79 Å². The maximum atomic E-state index is 13.7. The fraction of sp³-hybridized carbons (Fsp3) is 0.286. The molecule has 5 nitrogen and oxygen atoms in total. The standard InChI is InChI=1S/C35H36N2O3/c1-4-6-19-37(20-7-5-2)26-17-18-28-27(22-26)34(38)40-35(28)29-15-11-12-16-32(29)39-33-21-24(3)31(23-30(33)35)36-25-13-9-8-10-14-25/h8-18,21-23,36H,4-7,19-20H2,1-3H3. The van der Waals surface area contributed by atoms with E-state index in [4.69, 9.17) is 9.47 Å². The zero-order valence-electron chi connectivity index (χ0n) is 23.5. The minimum absolute atomic E-state index is 0.302. The number of nitrogens with zero attached hydrogens (tertiary/aromatic N) is 1. The number of ether oxygens (including phenoxy) is 2. The van der Waals surface area contributed by atoms with Gasteiger partial charge < -0.3 is 19.7 Å². The lowest BCUT2D eigenvalue weighted by Gasteiger charge is -2.37. The number of esters is 1. The number of unbranched alkanes of at least 4 members (excludes halogenated alkanes) is 2. The smallest absolute Gasteiger partial charge is 0.340 e. The number of aryl methyl sites for hydroxylation is 1. The van der Waals surface area contributed by atoms with E-state index in [2.05, 4.69) is 49.2 Å². The van der Waals surface area contributed by atoms with Gasteiger partial charge in [0, 0.05) is 46.8 Å². The highest BCUT2D eigenvalue weighted by Gasteiger charge is 2.53. The van der Waals surface area contributed by atoms with Crippen molar-refractivity contribution >= 4 is 23.0 Å². The van der Waals surface area contributed by atoms with Crippen LogP contribution in [0.15, 0.2) is 84.9 Å². The van der Waals surface area contributed by atoms with E-state index in [0.29, 0.717) is 17.1 Å². The SMILES string of the molecule is CCCCN(CCCC)c1ccc2c(c1)C(=O)OC21c2ccccc2Oc2cc(C)c(Nc3ccccc3)cc21. The predicted molar refractivity (Wildman–Crippen MR) is 161 cm³/mol. The van der Waals surface area contributed by atoms with Crippen LogP contribution in [-0.4, -0.2) is 19.1 Å². The first-order chi connectivity index (χ1) is 19.5. The molecule has 5 heteroatoms. The summed E-state index contributed by atoms with van der Waals surface area (Å²) in [5, 5.41) is 3.55. The molecule has 4 aromatic carbocycles. The summed E-state index contributed by atoms with van der Waals surface area (Å²) >= 11 is 0. The van der Waals surface area contributed by atoms with Crippen molar-refractivity contribution in [1.29, 1.82) is 0 Å². The van der Waals surface area contributed by atoms with Crippen LogP contribution in [0.3, 0.4) is 0 Å². The van der Waals surface area contributed by atoms with Crippen molar-refractivity contribution in [2.24, 2.45) is 0 Å². The summed E-state index contributed by atoms with van der Waals surface area (Å²) < 4.78 is 12.9. The quantitative estimate of drug-likeness (QED) is 0.219. The molecule has 1 N–H and O–H groups in total. The Morgan fingerprint density at radius 3 is 2.25 bits per heavy atom. The summed E-state index contributed by atoms with van der Waals surface area (Å²) in [5.41, 5.74) is 6.10. The molecule has 204 valence electrons. The van der Waals surface area contributed by atoms with E-state index in [1.165, 1.54) is 0 Å². The van der Waals surface area contributed by atoms with Crippen LogP contribution in [0.1, 0.15) is 72.1 Å². The number of carbonyl (C=O) groups excluding carboxylic acids is 1. The van der Waals surface area contributed by atoms with Gasteiger partial charge in [0.1, 0.15) is 11.5 Å². The highest BCUT2D eigenvalue weighted by Crippen LogP contribution is 2.57. The molecule has 2 aliphatic rings. The molecule has 0 amide bonds. The van der Waals surface area contributed by atoms with Gasteiger partial charge in [-0.2, -0.15) is 0 Å². The fourth-order valence-corrected chi connectivity index (χ4v) is 5.88. The van der Waals surface area contributed by atoms with Crippen LogP contribution in [-0.2, 0) is 10.3 Å². The Bertz CT molecular complexity index is 1540. The molecule has 0 radical (unpaired) electrons. The molecule has 1 unspecified atom stereocenters. The topological polar surface area (TPSA) is 50.8 Å². The molecule has 4 aromatic rings. The zero-order chi connectivity index (χ0) is 27.7. The Morgan fingerprint density at radius 1 is 0.775 bits per heavy atom. The van der Waals surface area contributed by atoms with E-state index in [1.807, 2.05) is 66.7 Å². The van der Waals surface area contributed by atoms with Crippen LogP contribution in [0, 0.1) is 6.92 Å². The molecule has 6 rings (SSSR count). The molecule has 0 saturated carbocycles. The number of nitrogens with one attached hydrogen (secondary N) is 1. The van der Waals surface area contributed by atoms with Gasteiger partial charge in [-0.1, -0.05) is 69.2 Å². The molecular weight excluding hydrogens is 496 g/mol. The van der Waals surface area contributed by atoms with Crippen molar-refractivity contribution in [2.75, 3.05) is 23.3 Å². The van der Waals surface area contributed by atoms with Crippen LogP contribution >= 0.6 is 0 Å². The Hall–Kier alpha value is -4.25. The lowest BCUT2D eigenvalue weighted by Crippen LogP contribution is -2.33. The van der Waals surface area contributed by atoms with Crippen molar-refractivity contribution in [3.8, 4) is 11.5 Å². The van der Waals surface area contributed by atoms with E-state index in [0.717, 1.165) is 78.1 Å². The number of rotatable bonds is 9. The first-order valence-electron chi connectivity index (χ1n) is 14.4. The maximum absolute atomic E-state index is 13.7. The van der Waals surface area contributed by atoms with Crippen molar-refractivity contribution in [3.63, 3.8) is 0 Å². The summed E-state index contributed by atoms with van der Waals surface area (Å²) in [5.74, 6) is 1.10. The van der Waals surface area contributed by atoms with Crippen molar-refractivity contribution in [2.45, 2.75) is 52.1 Å². The third kappa shape index (κ3) is 4.40. The van der Waals surface area contributed by atoms with Gasteiger partial charge in [0.15, 0.2) is 5.60 Å². The highest BCUT2D eigenvalue weighted by molar-refractivity contribution is 5.98. The predicted octanol–water partition coefficient (Wildman–Crippen LogP) is 8.71. The number of hydrogen-bond donors (Lipinski definition) is 1. The Morgan fingerprint density at radius 2 is 1.50 bits per heavy atom. The summed E-state index contributed by atoms with van der Waals surface area (Å²) in [6, 6.07) is 28.4. The Balaban J connectivity index is 1.50. The third-order valence-corrected chi connectivity index (χ3v) is 8.02. The van der Waals surface area contributed by atoms with Crippen LogP contribution in [0.25, 0.3) is 0 Å².